The molecule has 0 saturated heterocycles. The van der Waals surface area contributed by atoms with Crippen molar-refractivity contribution in [2.75, 3.05) is 13.2 Å². The van der Waals surface area contributed by atoms with Crippen molar-refractivity contribution >= 4 is 17.3 Å². The van der Waals surface area contributed by atoms with Gasteiger partial charge in [-0.05, 0) is 67.8 Å². The largest absolute Gasteiger partial charge is 0.505 e. The topological polar surface area (TPSA) is 166 Å². The van der Waals surface area contributed by atoms with Gasteiger partial charge in [-0.25, -0.2) is 9.48 Å². The van der Waals surface area contributed by atoms with Crippen LogP contribution in [0.2, 0.25) is 0 Å². The predicted molar refractivity (Wildman–Crippen MR) is 148 cm³/mol. The Hall–Kier alpha value is -4.54. The average Bonchev–Trinajstić information content (AvgIpc) is 3.18. The molecule has 0 spiro atoms. The van der Waals surface area contributed by atoms with Crippen molar-refractivity contribution in [2.24, 2.45) is 16.0 Å². The number of aromatic amines is 1. The summed E-state index contributed by atoms with van der Waals surface area (Å²) < 4.78 is 1.41. The smallest absolute Gasteiger partial charge is 0.335 e. The number of H-pyrrole nitrogens is 1. The molecule has 38 heavy (non-hydrogen) atoms. The number of aryl methyl sites for hydroxylation is 3. The van der Waals surface area contributed by atoms with Gasteiger partial charge in [-0.1, -0.05) is 37.8 Å². The number of carboxylic acids is 1. The van der Waals surface area contributed by atoms with E-state index in [0.29, 0.717) is 29.1 Å². The fourth-order valence-electron chi connectivity index (χ4n) is 3.47. The molecular weight excluding hydrogens is 486 g/mol. The Bertz CT molecular complexity index is 1500. The van der Waals surface area contributed by atoms with E-state index in [4.69, 9.17) is 10.8 Å². The third-order valence-corrected chi connectivity index (χ3v) is 5.61. The number of carboxylic acid groups (broad SMARTS) is 1. The molecule has 0 aliphatic carbocycles. The van der Waals surface area contributed by atoms with Crippen molar-refractivity contribution in [3.63, 3.8) is 0 Å². The third-order valence-electron chi connectivity index (χ3n) is 5.61. The van der Waals surface area contributed by atoms with E-state index >= 15 is 0 Å². The fraction of sp³-hybridized carbons (Fsp3) is 0.214. The molecule has 0 aliphatic rings. The number of phenols is 1. The second-order valence-corrected chi connectivity index (χ2v) is 8.27. The Labute approximate surface area is 220 Å². The molecule has 0 atom stereocenters. The summed E-state index contributed by atoms with van der Waals surface area (Å²) in [6, 6.07) is 16.8. The third kappa shape index (κ3) is 6.61. The van der Waals surface area contributed by atoms with Crippen LogP contribution in [0, 0.1) is 20.8 Å². The Morgan fingerprint density at radius 3 is 2.32 bits per heavy atom. The van der Waals surface area contributed by atoms with Crippen molar-refractivity contribution in [1.82, 2.24) is 9.78 Å². The Balaban J connectivity index is 0.000000947. The van der Waals surface area contributed by atoms with Crippen LogP contribution in [-0.4, -0.2) is 44.2 Å². The molecule has 0 unspecified atom stereocenters. The maximum absolute atomic E-state index is 12.9. The highest BCUT2D eigenvalue weighted by atomic mass is 16.4. The molecule has 3 aromatic carbocycles. The standard InChI is InChI=1S/C25H22N4O4.C2H7NO.CH4/c1-14-10-11-19(12-15(14)2)29-24(31)22(16(3)28-29)27-26-21-9-5-8-20(23(21)30)17-6-4-7-18(13-17)25(32)33;3-1-2-4;/h4-13,28,30H,1-3H3,(H,32,33);4H,1-3H2;1H4. The fourth-order valence-corrected chi connectivity index (χ4v) is 3.47. The van der Waals surface area contributed by atoms with Crippen molar-refractivity contribution in [2.45, 2.75) is 28.2 Å². The number of nitrogens with two attached hydrogens (primary N) is 1. The molecule has 1 heterocycles. The van der Waals surface area contributed by atoms with Crippen molar-refractivity contribution < 1.29 is 20.1 Å². The minimum absolute atomic E-state index is 0. The number of rotatable bonds is 6. The van der Waals surface area contributed by atoms with Crippen LogP contribution in [0.5, 0.6) is 5.75 Å². The van der Waals surface area contributed by atoms with E-state index < -0.39 is 5.97 Å². The molecule has 0 amide bonds. The summed E-state index contributed by atoms with van der Waals surface area (Å²) in [4.78, 5) is 24.2. The van der Waals surface area contributed by atoms with Crippen molar-refractivity contribution in [3.05, 3.63) is 93.4 Å². The molecule has 0 saturated carbocycles. The van der Waals surface area contributed by atoms with E-state index in [-0.39, 0.29) is 42.3 Å². The highest BCUT2D eigenvalue weighted by Crippen LogP contribution is 2.38. The van der Waals surface area contributed by atoms with Crippen LogP contribution in [0.25, 0.3) is 16.8 Å². The lowest BCUT2D eigenvalue weighted by Crippen LogP contribution is -2.14. The number of aromatic hydroxyl groups is 1. The lowest BCUT2D eigenvalue weighted by molar-refractivity contribution is 0.0697. The number of aliphatic hydroxyl groups excluding tert-OH is 1. The van der Waals surface area contributed by atoms with Crippen LogP contribution in [0.3, 0.4) is 0 Å². The first-order valence-electron chi connectivity index (χ1n) is 11.5. The maximum atomic E-state index is 12.9. The van der Waals surface area contributed by atoms with Gasteiger partial charge in [0.05, 0.1) is 23.6 Å². The molecule has 0 aliphatic heterocycles. The van der Waals surface area contributed by atoms with Gasteiger partial charge >= 0.3 is 5.97 Å². The number of aromatic carboxylic acids is 1. The van der Waals surface area contributed by atoms with Crippen molar-refractivity contribution in [3.8, 4) is 22.6 Å². The Kier molecular flexibility index (Phi) is 10.3. The van der Waals surface area contributed by atoms with E-state index in [1.165, 1.54) is 16.8 Å². The summed E-state index contributed by atoms with van der Waals surface area (Å²) in [5.41, 5.74) is 9.16. The summed E-state index contributed by atoms with van der Waals surface area (Å²) >= 11 is 0. The molecular formula is C28H33N5O5. The second-order valence-electron chi connectivity index (χ2n) is 8.27. The number of aliphatic hydroxyl groups is 1. The van der Waals surface area contributed by atoms with Gasteiger partial charge in [0, 0.05) is 12.1 Å². The predicted octanol–water partition coefficient (Wildman–Crippen LogP) is 5.15. The summed E-state index contributed by atoms with van der Waals surface area (Å²) in [5.74, 6) is -1.22. The van der Waals surface area contributed by atoms with E-state index in [1.807, 2.05) is 32.0 Å². The number of azo groups is 1. The van der Waals surface area contributed by atoms with Crippen LogP contribution in [-0.2, 0) is 0 Å². The van der Waals surface area contributed by atoms with Gasteiger partial charge in [-0.2, -0.15) is 0 Å². The molecule has 0 bridgehead atoms. The minimum Gasteiger partial charge on any atom is -0.505 e. The van der Waals surface area contributed by atoms with Crippen LogP contribution in [0.1, 0.15) is 34.6 Å². The Morgan fingerprint density at radius 1 is 1.00 bits per heavy atom. The molecule has 1 aromatic heterocycles. The number of benzene rings is 3. The van der Waals surface area contributed by atoms with Gasteiger partial charge in [0.15, 0.2) is 11.4 Å². The zero-order valence-electron chi connectivity index (χ0n) is 20.8. The van der Waals surface area contributed by atoms with E-state index in [9.17, 15) is 19.8 Å². The first-order chi connectivity index (χ1) is 17.7. The molecule has 10 nitrogen and oxygen atoms in total. The first kappa shape index (κ1) is 29.7. The van der Waals surface area contributed by atoms with Crippen LogP contribution >= 0.6 is 0 Å². The number of hydrogen-bond donors (Lipinski definition) is 5. The van der Waals surface area contributed by atoms with Crippen molar-refractivity contribution in [1.29, 1.82) is 0 Å². The quantitative estimate of drug-likeness (QED) is 0.221. The molecule has 4 rings (SSSR count). The van der Waals surface area contributed by atoms with Crippen LogP contribution in [0.15, 0.2) is 75.7 Å². The molecule has 10 heteroatoms. The van der Waals surface area contributed by atoms with Gasteiger partial charge < -0.3 is 21.1 Å². The SMILES string of the molecule is C.Cc1ccc(-n2[nH]c(C)c(N=Nc3cccc(-c4cccc(C(=O)O)c4)c3O)c2=O)cc1C.NCCO. The van der Waals surface area contributed by atoms with Gasteiger partial charge in [-0.15, -0.1) is 10.2 Å². The summed E-state index contributed by atoms with van der Waals surface area (Å²) in [5, 5.41) is 38.9. The highest BCUT2D eigenvalue weighted by molar-refractivity contribution is 5.90. The van der Waals surface area contributed by atoms with Gasteiger partial charge in [0.25, 0.3) is 5.56 Å². The first-order valence-corrected chi connectivity index (χ1v) is 11.5. The molecule has 4 aromatic rings. The maximum Gasteiger partial charge on any atom is 0.335 e. The highest BCUT2D eigenvalue weighted by Gasteiger charge is 2.14. The minimum atomic E-state index is -1.06. The molecule has 0 radical (unpaired) electrons. The summed E-state index contributed by atoms with van der Waals surface area (Å²) in [7, 11) is 0. The summed E-state index contributed by atoms with van der Waals surface area (Å²) in [6.45, 7) is 6.17. The lowest BCUT2D eigenvalue weighted by Gasteiger charge is -2.07. The zero-order valence-corrected chi connectivity index (χ0v) is 20.8. The molecule has 0 fully saturated rings. The van der Waals surface area contributed by atoms with Crippen LogP contribution < -0.4 is 11.3 Å². The lowest BCUT2D eigenvalue weighted by atomic mass is 10.0. The van der Waals surface area contributed by atoms with E-state index in [0.717, 1.165) is 11.1 Å². The van der Waals surface area contributed by atoms with Gasteiger partial charge in [0.2, 0.25) is 0 Å². The van der Waals surface area contributed by atoms with Gasteiger partial charge in [-0.3, -0.25) is 9.89 Å². The monoisotopic (exact) mass is 519 g/mol. The van der Waals surface area contributed by atoms with E-state index in [2.05, 4.69) is 15.3 Å². The number of nitrogens with zero attached hydrogens (tertiary/aromatic N) is 3. The zero-order chi connectivity index (χ0) is 27.1. The average molecular weight is 520 g/mol. The summed E-state index contributed by atoms with van der Waals surface area (Å²) in [6.07, 6.45) is 0. The van der Waals surface area contributed by atoms with Crippen LogP contribution in [0.4, 0.5) is 11.4 Å². The molecule has 200 valence electrons. The number of carbonyl (C=O) groups is 1. The Morgan fingerprint density at radius 2 is 1.68 bits per heavy atom. The van der Waals surface area contributed by atoms with Gasteiger partial charge in [0.1, 0.15) is 5.69 Å². The number of hydrogen-bond acceptors (Lipinski definition) is 7. The normalized spacial score (nSPS) is 10.6. The molecule has 6 N–H and O–H groups in total. The van der Waals surface area contributed by atoms with E-state index in [1.54, 1.807) is 37.3 Å². The number of aromatic nitrogens is 2. The second kappa shape index (κ2) is 13.1. The number of para-hydroxylation sites is 1. The number of nitrogens with one attached hydrogen (secondary N) is 1. The number of phenolic OH excluding ortho intramolecular Hbond substituents is 1.